The topological polar surface area (TPSA) is 84.9 Å². The molecule has 1 unspecified atom stereocenters. The Balaban J connectivity index is 1.85. The number of hydrogen-bond acceptors (Lipinski definition) is 5. The molecule has 1 amide bonds. The second-order valence-corrected chi connectivity index (χ2v) is 7.71. The molecule has 7 nitrogen and oxygen atoms in total. The van der Waals surface area contributed by atoms with Crippen molar-refractivity contribution in [2.24, 2.45) is 0 Å². The van der Waals surface area contributed by atoms with E-state index >= 15 is 0 Å². The summed E-state index contributed by atoms with van der Waals surface area (Å²) < 4.78 is 35.9. The number of amides is 1. The summed E-state index contributed by atoms with van der Waals surface area (Å²) >= 11 is 0. The third-order valence-electron chi connectivity index (χ3n) is 3.91. The quantitative estimate of drug-likeness (QED) is 0.822. The molecule has 1 N–H and O–H groups in total. The molecule has 1 fully saturated rings. The number of nitrogens with one attached hydrogen (secondary N) is 1. The van der Waals surface area contributed by atoms with Crippen molar-refractivity contribution in [1.82, 2.24) is 9.62 Å². The zero-order valence-electron chi connectivity index (χ0n) is 14.2. The van der Waals surface area contributed by atoms with Crippen LogP contribution in [0.1, 0.15) is 19.8 Å². The molecule has 0 radical (unpaired) electrons. The van der Waals surface area contributed by atoms with Crippen LogP contribution in [-0.4, -0.2) is 57.8 Å². The summed E-state index contributed by atoms with van der Waals surface area (Å²) in [5.41, 5.74) is 0. The number of carbonyl (C=O) groups is 1. The lowest BCUT2D eigenvalue weighted by Gasteiger charge is -2.33. The molecule has 8 heteroatoms. The van der Waals surface area contributed by atoms with E-state index in [4.69, 9.17) is 9.47 Å². The van der Waals surface area contributed by atoms with Gasteiger partial charge in [0.15, 0.2) is 6.10 Å². The number of sulfonamides is 1. The summed E-state index contributed by atoms with van der Waals surface area (Å²) in [6, 6.07) is 6.95. The Morgan fingerprint density at radius 1 is 1.21 bits per heavy atom. The Bertz CT molecular complexity index is 652. The zero-order valence-corrected chi connectivity index (χ0v) is 15.0. The molecular formula is C16H24N2O5S. The minimum Gasteiger partial charge on any atom is -0.497 e. The molecule has 0 spiro atoms. The average molecular weight is 356 g/mol. The fraction of sp³-hybridized carbons (Fsp3) is 0.562. The van der Waals surface area contributed by atoms with Crippen LogP contribution in [0, 0.1) is 0 Å². The van der Waals surface area contributed by atoms with Gasteiger partial charge in [-0.15, -0.1) is 0 Å². The Morgan fingerprint density at radius 2 is 1.75 bits per heavy atom. The maximum absolute atomic E-state index is 12.5. The van der Waals surface area contributed by atoms with Gasteiger partial charge in [-0.25, -0.2) is 13.1 Å². The van der Waals surface area contributed by atoms with Gasteiger partial charge in [0.2, 0.25) is 10.0 Å². The molecule has 1 aliphatic heterocycles. The maximum Gasteiger partial charge on any atom is 0.263 e. The van der Waals surface area contributed by atoms with Crippen LogP contribution in [-0.2, 0) is 14.8 Å². The number of rotatable bonds is 6. The van der Waals surface area contributed by atoms with Crippen molar-refractivity contribution >= 4 is 15.9 Å². The highest BCUT2D eigenvalue weighted by molar-refractivity contribution is 7.88. The predicted octanol–water partition coefficient (Wildman–Crippen LogP) is 1.00. The van der Waals surface area contributed by atoms with Crippen molar-refractivity contribution in [2.45, 2.75) is 31.9 Å². The SMILES string of the molecule is COc1ccc(OC(C)C(=O)N2CCC(NS(C)(=O)=O)CC2)cc1. The predicted molar refractivity (Wildman–Crippen MR) is 90.7 cm³/mol. The van der Waals surface area contributed by atoms with Gasteiger partial charge in [-0.05, 0) is 44.0 Å². The van der Waals surface area contributed by atoms with Crippen LogP contribution in [0.25, 0.3) is 0 Å². The van der Waals surface area contributed by atoms with Gasteiger partial charge in [0.25, 0.3) is 5.91 Å². The Kier molecular flexibility index (Phi) is 6.06. The first-order chi connectivity index (χ1) is 11.3. The molecule has 1 saturated heterocycles. The summed E-state index contributed by atoms with van der Waals surface area (Å²) in [5, 5.41) is 0. The van der Waals surface area contributed by atoms with E-state index in [1.54, 1.807) is 43.2 Å². The van der Waals surface area contributed by atoms with Crippen molar-refractivity contribution in [3.8, 4) is 11.5 Å². The van der Waals surface area contributed by atoms with Crippen molar-refractivity contribution in [3.63, 3.8) is 0 Å². The molecular weight excluding hydrogens is 332 g/mol. The van der Waals surface area contributed by atoms with E-state index in [0.29, 0.717) is 31.7 Å². The molecule has 1 aromatic carbocycles. The second kappa shape index (κ2) is 7.85. The average Bonchev–Trinajstić information content (AvgIpc) is 2.54. The summed E-state index contributed by atoms with van der Waals surface area (Å²) in [6.45, 7) is 2.75. The second-order valence-electron chi connectivity index (χ2n) is 5.93. The third-order valence-corrected chi connectivity index (χ3v) is 4.67. The van der Waals surface area contributed by atoms with Crippen LogP contribution in [0.4, 0.5) is 0 Å². The standard InChI is InChI=1S/C16H24N2O5S/c1-12(23-15-6-4-14(22-2)5-7-15)16(19)18-10-8-13(9-11-18)17-24(3,20)21/h4-7,12-13,17H,8-11H2,1-3H3. The largest absolute Gasteiger partial charge is 0.497 e. The third kappa shape index (κ3) is 5.38. The highest BCUT2D eigenvalue weighted by Crippen LogP contribution is 2.19. The van der Waals surface area contributed by atoms with Gasteiger partial charge in [-0.2, -0.15) is 0 Å². The first-order valence-electron chi connectivity index (χ1n) is 7.85. The van der Waals surface area contributed by atoms with E-state index in [2.05, 4.69) is 4.72 Å². The monoisotopic (exact) mass is 356 g/mol. The molecule has 1 aliphatic rings. The number of piperidine rings is 1. The van der Waals surface area contributed by atoms with Gasteiger partial charge < -0.3 is 14.4 Å². The highest BCUT2D eigenvalue weighted by atomic mass is 32.2. The van der Waals surface area contributed by atoms with E-state index in [1.165, 1.54) is 0 Å². The Labute approximate surface area is 143 Å². The van der Waals surface area contributed by atoms with E-state index in [1.807, 2.05) is 0 Å². The van der Waals surface area contributed by atoms with Crippen LogP contribution < -0.4 is 14.2 Å². The number of ether oxygens (including phenoxy) is 2. The molecule has 134 valence electrons. The van der Waals surface area contributed by atoms with Crippen LogP contribution in [0.3, 0.4) is 0 Å². The number of carbonyl (C=O) groups excluding carboxylic acids is 1. The van der Waals surface area contributed by atoms with E-state index in [0.717, 1.165) is 12.0 Å². The molecule has 0 saturated carbocycles. The summed E-state index contributed by atoms with van der Waals surface area (Å²) in [7, 11) is -1.63. The minimum absolute atomic E-state index is 0.0939. The molecule has 24 heavy (non-hydrogen) atoms. The number of likely N-dealkylation sites (tertiary alicyclic amines) is 1. The lowest BCUT2D eigenvalue weighted by Crippen LogP contribution is -2.49. The summed E-state index contributed by atoms with van der Waals surface area (Å²) in [5.74, 6) is 1.23. The molecule has 0 aliphatic carbocycles. The van der Waals surface area contributed by atoms with Crippen molar-refractivity contribution in [1.29, 1.82) is 0 Å². The van der Waals surface area contributed by atoms with Gasteiger partial charge in [0.1, 0.15) is 11.5 Å². The van der Waals surface area contributed by atoms with Crippen molar-refractivity contribution < 1.29 is 22.7 Å². The Morgan fingerprint density at radius 3 is 2.25 bits per heavy atom. The molecule has 1 atom stereocenters. The molecule has 2 rings (SSSR count). The first kappa shape index (κ1) is 18.5. The van der Waals surface area contributed by atoms with Crippen LogP contribution in [0.5, 0.6) is 11.5 Å². The fourth-order valence-electron chi connectivity index (χ4n) is 2.69. The maximum atomic E-state index is 12.5. The Hall–Kier alpha value is -1.80. The van der Waals surface area contributed by atoms with E-state index in [9.17, 15) is 13.2 Å². The highest BCUT2D eigenvalue weighted by Gasteiger charge is 2.28. The zero-order chi connectivity index (χ0) is 17.7. The van der Waals surface area contributed by atoms with E-state index in [-0.39, 0.29) is 11.9 Å². The van der Waals surface area contributed by atoms with Gasteiger partial charge >= 0.3 is 0 Å². The molecule has 1 heterocycles. The lowest BCUT2D eigenvalue weighted by molar-refractivity contribution is -0.139. The van der Waals surface area contributed by atoms with E-state index < -0.39 is 16.1 Å². The van der Waals surface area contributed by atoms with Crippen molar-refractivity contribution in [2.75, 3.05) is 26.5 Å². The van der Waals surface area contributed by atoms with Crippen LogP contribution in [0.2, 0.25) is 0 Å². The van der Waals surface area contributed by atoms with Crippen molar-refractivity contribution in [3.05, 3.63) is 24.3 Å². The smallest absolute Gasteiger partial charge is 0.263 e. The summed E-state index contributed by atoms with van der Waals surface area (Å²) in [6.07, 6.45) is 1.76. The van der Waals surface area contributed by atoms with Crippen LogP contribution >= 0.6 is 0 Å². The first-order valence-corrected chi connectivity index (χ1v) is 9.74. The molecule has 0 bridgehead atoms. The molecule has 0 aromatic heterocycles. The fourth-order valence-corrected chi connectivity index (χ4v) is 3.53. The lowest BCUT2D eigenvalue weighted by atomic mass is 10.1. The normalized spacial score (nSPS) is 17.4. The minimum atomic E-state index is -3.21. The van der Waals surface area contributed by atoms with Crippen LogP contribution in [0.15, 0.2) is 24.3 Å². The van der Waals surface area contributed by atoms with Gasteiger partial charge in [0, 0.05) is 19.1 Å². The number of methoxy groups -OCH3 is 1. The van der Waals surface area contributed by atoms with Gasteiger partial charge in [0.05, 0.1) is 13.4 Å². The van der Waals surface area contributed by atoms with Gasteiger partial charge in [-0.3, -0.25) is 4.79 Å². The van der Waals surface area contributed by atoms with Gasteiger partial charge in [-0.1, -0.05) is 0 Å². The summed E-state index contributed by atoms with van der Waals surface area (Å²) in [4.78, 5) is 14.2. The number of hydrogen-bond donors (Lipinski definition) is 1. The number of benzene rings is 1. The number of nitrogens with zero attached hydrogens (tertiary/aromatic N) is 1. The molecule has 1 aromatic rings.